The van der Waals surface area contributed by atoms with E-state index in [1.165, 1.54) is 63.4 Å². The van der Waals surface area contributed by atoms with Crippen molar-refractivity contribution in [2.75, 3.05) is 13.7 Å². The predicted octanol–water partition coefficient (Wildman–Crippen LogP) is 6.66. The second-order valence-electron chi connectivity index (χ2n) is 12.1. The fraction of sp³-hybridized carbons (Fsp3) is 0.793. The SMILES string of the molecule is COC[C@H]1CC[C@@H]2C3CC[C@@]4(C)C(CCC4[C@H](C)Cc4ccc(C#N)nc4)[C@@H]3CC[C@@H]2C1. The highest BCUT2D eigenvalue weighted by atomic mass is 16.5. The van der Waals surface area contributed by atoms with E-state index >= 15 is 0 Å². The second-order valence-corrected chi connectivity index (χ2v) is 12.1. The molecule has 32 heavy (non-hydrogen) atoms. The fourth-order valence-corrected chi connectivity index (χ4v) is 9.44. The third kappa shape index (κ3) is 3.91. The largest absolute Gasteiger partial charge is 0.384 e. The summed E-state index contributed by atoms with van der Waals surface area (Å²) in [6, 6.07) is 6.14. The van der Waals surface area contributed by atoms with Crippen LogP contribution in [-0.2, 0) is 11.2 Å². The molecule has 4 aliphatic carbocycles. The van der Waals surface area contributed by atoms with Gasteiger partial charge in [0.1, 0.15) is 11.8 Å². The summed E-state index contributed by atoms with van der Waals surface area (Å²) in [5.74, 6) is 7.28. The molecule has 0 spiro atoms. The summed E-state index contributed by atoms with van der Waals surface area (Å²) in [7, 11) is 1.88. The molecule has 0 radical (unpaired) electrons. The number of nitriles is 1. The van der Waals surface area contributed by atoms with Crippen molar-refractivity contribution in [1.29, 1.82) is 5.26 Å². The summed E-state index contributed by atoms with van der Waals surface area (Å²) >= 11 is 0. The Balaban J connectivity index is 1.26. The zero-order valence-corrected chi connectivity index (χ0v) is 20.4. The molecule has 1 heterocycles. The van der Waals surface area contributed by atoms with E-state index in [2.05, 4.69) is 31.0 Å². The molecule has 3 unspecified atom stereocenters. The summed E-state index contributed by atoms with van der Waals surface area (Å²) in [5, 5.41) is 9.03. The molecular formula is C29H42N2O. The van der Waals surface area contributed by atoms with Crippen molar-refractivity contribution in [3.63, 3.8) is 0 Å². The minimum absolute atomic E-state index is 0.527. The Bertz CT molecular complexity index is 829. The smallest absolute Gasteiger partial charge is 0.140 e. The van der Waals surface area contributed by atoms with Crippen LogP contribution >= 0.6 is 0 Å². The molecule has 0 aromatic carbocycles. The summed E-state index contributed by atoms with van der Waals surface area (Å²) in [6.45, 7) is 6.13. The molecular weight excluding hydrogens is 392 g/mol. The molecule has 9 atom stereocenters. The number of hydrogen-bond acceptors (Lipinski definition) is 3. The van der Waals surface area contributed by atoms with Gasteiger partial charge in [-0.15, -0.1) is 0 Å². The molecule has 0 amide bonds. The van der Waals surface area contributed by atoms with Gasteiger partial charge in [-0.25, -0.2) is 4.98 Å². The van der Waals surface area contributed by atoms with Crippen molar-refractivity contribution < 1.29 is 4.74 Å². The van der Waals surface area contributed by atoms with Crippen LogP contribution in [0.3, 0.4) is 0 Å². The Morgan fingerprint density at radius 3 is 2.69 bits per heavy atom. The first-order chi connectivity index (χ1) is 15.5. The molecule has 3 nitrogen and oxygen atoms in total. The van der Waals surface area contributed by atoms with Gasteiger partial charge in [0.15, 0.2) is 0 Å². The number of rotatable bonds is 5. The summed E-state index contributed by atoms with van der Waals surface area (Å²) in [4.78, 5) is 4.32. The number of ether oxygens (including phenoxy) is 1. The highest BCUT2D eigenvalue weighted by Crippen LogP contribution is 2.65. The molecule has 0 aliphatic heterocycles. The Hall–Kier alpha value is -1.40. The van der Waals surface area contributed by atoms with Gasteiger partial charge in [-0.2, -0.15) is 5.26 Å². The Morgan fingerprint density at radius 2 is 1.94 bits per heavy atom. The highest BCUT2D eigenvalue weighted by Gasteiger charge is 2.57. The number of nitrogens with zero attached hydrogens (tertiary/aromatic N) is 2. The van der Waals surface area contributed by atoms with Crippen LogP contribution in [0.1, 0.15) is 82.9 Å². The van der Waals surface area contributed by atoms with Gasteiger partial charge in [-0.3, -0.25) is 0 Å². The molecule has 1 aromatic rings. The standard InChI is InChI=1S/C29H42N2O/c1-19(14-20-4-7-23(16-30)31-17-20)27-10-11-28-26-9-6-22-15-21(18-32-3)5-8-24(22)25(26)12-13-29(27,28)2/h4,7,17,19,21-22,24-28H,5-6,8-15,18H2,1-3H3/t19-,21+,22-,24+,25?,26-,27?,28?,29-/m1/s1. The number of aromatic nitrogens is 1. The average Bonchev–Trinajstić information content (AvgIpc) is 3.17. The third-order valence-corrected chi connectivity index (χ3v) is 10.7. The molecule has 4 fully saturated rings. The maximum atomic E-state index is 9.03. The maximum absolute atomic E-state index is 9.03. The van der Waals surface area contributed by atoms with Crippen LogP contribution in [0.5, 0.6) is 0 Å². The molecule has 3 heteroatoms. The topological polar surface area (TPSA) is 45.9 Å². The number of pyridine rings is 1. The van der Waals surface area contributed by atoms with Gasteiger partial charge in [-0.05, 0) is 129 Å². The molecule has 4 aliphatic rings. The van der Waals surface area contributed by atoms with Gasteiger partial charge in [0, 0.05) is 19.9 Å². The van der Waals surface area contributed by atoms with Crippen LogP contribution in [-0.4, -0.2) is 18.7 Å². The van der Waals surface area contributed by atoms with E-state index in [4.69, 9.17) is 10.00 Å². The van der Waals surface area contributed by atoms with Crippen molar-refractivity contribution in [2.24, 2.45) is 52.8 Å². The zero-order valence-electron chi connectivity index (χ0n) is 20.4. The van der Waals surface area contributed by atoms with Crippen LogP contribution in [0.15, 0.2) is 18.3 Å². The molecule has 0 saturated heterocycles. The lowest BCUT2D eigenvalue weighted by Crippen LogP contribution is -2.49. The van der Waals surface area contributed by atoms with E-state index in [-0.39, 0.29) is 0 Å². The Labute approximate surface area is 195 Å². The van der Waals surface area contributed by atoms with Crippen molar-refractivity contribution >= 4 is 0 Å². The van der Waals surface area contributed by atoms with Gasteiger partial charge >= 0.3 is 0 Å². The van der Waals surface area contributed by atoms with E-state index in [0.29, 0.717) is 17.0 Å². The molecule has 1 aromatic heterocycles. The van der Waals surface area contributed by atoms with Gasteiger partial charge in [0.25, 0.3) is 0 Å². The van der Waals surface area contributed by atoms with E-state index in [0.717, 1.165) is 54.5 Å². The Kier molecular flexibility index (Phi) is 6.36. The molecule has 5 rings (SSSR count). The van der Waals surface area contributed by atoms with Crippen LogP contribution in [0.25, 0.3) is 0 Å². The van der Waals surface area contributed by atoms with E-state index < -0.39 is 0 Å². The third-order valence-electron chi connectivity index (χ3n) is 10.7. The van der Waals surface area contributed by atoms with E-state index in [1.807, 2.05) is 19.4 Å². The lowest BCUT2D eigenvalue weighted by molar-refractivity contribution is -0.0769. The van der Waals surface area contributed by atoms with Crippen LogP contribution in [0.2, 0.25) is 0 Å². The van der Waals surface area contributed by atoms with E-state index in [1.54, 1.807) is 0 Å². The molecule has 174 valence electrons. The van der Waals surface area contributed by atoms with Gasteiger partial charge in [0.2, 0.25) is 0 Å². The van der Waals surface area contributed by atoms with Crippen molar-refractivity contribution in [1.82, 2.24) is 4.98 Å². The molecule has 0 N–H and O–H groups in total. The van der Waals surface area contributed by atoms with Crippen LogP contribution in [0, 0.1) is 64.1 Å². The summed E-state index contributed by atoms with van der Waals surface area (Å²) in [6.07, 6.45) is 16.1. The summed E-state index contributed by atoms with van der Waals surface area (Å²) < 4.78 is 5.51. The highest BCUT2D eigenvalue weighted by molar-refractivity contribution is 5.23. The number of methoxy groups -OCH3 is 1. The first-order valence-corrected chi connectivity index (χ1v) is 13.4. The number of hydrogen-bond donors (Lipinski definition) is 0. The maximum Gasteiger partial charge on any atom is 0.140 e. The fourth-order valence-electron chi connectivity index (χ4n) is 9.44. The van der Waals surface area contributed by atoms with Crippen molar-refractivity contribution in [3.05, 3.63) is 29.6 Å². The van der Waals surface area contributed by atoms with Crippen LogP contribution < -0.4 is 0 Å². The normalized spacial score (nSPS) is 41.8. The molecule has 0 bridgehead atoms. The molecule has 4 saturated carbocycles. The predicted molar refractivity (Wildman–Crippen MR) is 128 cm³/mol. The lowest BCUT2D eigenvalue weighted by atomic mass is 9.48. The van der Waals surface area contributed by atoms with Crippen LogP contribution in [0.4, 0.5) is 0 Å². The first-order valence-electron chi connectivity index (χ1n) is 13.4. The lowest BCUT2D eigenvalue weighted by Gasteiger charge is -2.57. The van der Waals surface area contributed by atoms with Gasteiger partial charge < -0.3 is 4.74 Å². The van der Waals surface area contributed by atoms with E-state index in [9.17, 15) is 0 Å². The average molecular weight is 435 g/mol. The summed E-state index contributed by atoms with van der Waals surface area (Å²) in [5.41, 5.74) is 2.35. The first kappa shape index (κ1) is 22.4. The quantitative estimate of drug-likeness (QED) is 0.520. The number of fused-ring (bicyclic) bond motifs is 5. The minimum Gasteiger partial charge on any atom is -0.384 e. The minimum atomic E-state index is 0.527. The van der Waals surface area contributed by atoms with Crippen molar-refractivity contribution in [2.45, 2.75) is 78.1 Å². The zero-order chi connectivity index (χ0) is 22.3. The second kappa shape index (κ2) is 9.09. The van der Waals surface area contributed by atoms with Gasteiger partial charge in [0.05, 0.1) is 0 Å². The Morgan fingerprint density at radius 1 is 1.09 bits per heavy atom. The van der Waals surface area contributed by atoms with Gasteiger partial charge in [-0.1, -0.05) is 19.9 Å². The van der Waals surface area contributed by atoms with Crippen molar-refractivity contribution in [3.8, 4) is 6.07 Å². The monoisotopic (exact) mass is 434 g/mol.